The van der Waals surface area contributed by atoms with Crippen LogP contribution in [0.15, 0.2) is 10.7 Å². The Labute approximate surface area is 124 Å². The molecule has 0 aromatic carbocycles. The Hall–Kier alpha value is -1.69. The third-order valence-electron chi connectivity index (χ3n) is 4.19. The molecule has 0 spiro atoms. The molecular weight excluding hydrogens is 266 g/mol. The Morgan fingerprint density at radius 1 is 1.43 bits per heavy atom. The van der Waals surface area contributed by atoms with Gasteiger partial charge in [-0.05, 0) is 26.3 Å². The standard InChI is InChI=1S/C15H23N5O/c1-10(2)14-17-15(19-18-14)13-6-4-5-7-20(13)9-12-8-16-21-11(12)3/h8,10,13H,4-7,9H2,1-3H3,(H,17,18,19)/t13-/m0/s1. The molecule has 1 aliphatic heterocycles. The van der Waals surface area contributed by atoms with Crippen LogP contribution in [-0.4, -0.2) is 31.8 Å². The van der Waals surface area contributed by atoms with Crippen molar-refractivity contribution in [2.24, 2.45) is 0 Å². The first-order chi connectivity index (χ1) is 10.1. The summed E-state index contributed by atoms with van der Waals surface area (Å²) in [6, 6.07) is 0.313. The van der Waals surface area contributed by atoms with E-state index in [0.29, 0.717) is 12.0 Å². The van der Waals surface area contributed by atoms with Gasteiger partial charge >= 0.3 is 0 Å². The topological polar surface area (TPSA) is 70.8 Å². The normalized spacial score (nSPS) is 20.3. The SMILES string of the molecule is Cc1oncc1CN1CCCC[C@H]1c1nc(C(C)C)n[nH]1. The molecule has 0 bridgehead atoms. The molecule has 6 heteroatoms. The minimum absolute atomic E-state index is 0.313. The predicted octanol–water partition coefficient (Wildman–Crippen LogP) is 2.95. The molecule has 2 aromatic heterocycles. The monoisotopic (exact) mass is 289 g/mol. The second-order valence-electron chi connectivity index (χ2n) is 6.12. The molecule has 0 amide bonds. The minimum atomic E-state index is 0.313. The molecule has 3 heterocycles. The molecule has 114 valence electrons. The molecule has 1 saturated heterocycles. The lowest BCUT2D eigenvalue weighted by atomic mass is 10.0. The largest absolute Gasteiger partial charge is 0.361 e. The van der Waals surface area contributed by atoms with E-state index in [1.807, 2.05) is 13.1 Å². The van der Waals surface area contributed by atoms with Crippen LogP contribution in [0.2, 0.25) is 0 Å². The molecule has 0 aliphatic carbocycles. The maximum absolute atomic E-state index is 5.17. The zero-order valence-electron chi connectivity index (χ0n) is 13.0. The van der Waals surface area contributed by atoms with Crippen molar-refractivity contribution >= 4 is 0 Å². The summed E-state index contributed by atoms with van der Waals surface area (Å²) in [6.07, 6.45) is 5.41. The van der Waals surface area contributed by atoms with Crippen molar-refractivity contribution in [2.45, 2.75) is 58.5 Å². The lowest BCUT2D eigenvalue weighted by molar-refractivity contribution is 0.133. The third kappa shape index (κ3) is 3.00. The van der Waals surface area contributed by atoms with Crippen LogP contribution in [0.25, 0.3) is 0 Å². The van der Waals surface area contributed by atoms with Crippen LogP contribution in [0, 0.1) is 6.92 Å². The van der Waals surface area contributed by atoms with Gasteiger partial charge in [-0.2, -0.15) is 5.10 Å². The molecule has 2 aromatic rings. The van der Waals surface area contributed by atoms with Crippen molar-refractivity contribution in [3.63, 3.8) is 0 Å². The van der Waals surface area contributed by atoms with E-state index < -0.39 is 0 Å². The maximum Gasteiger partial charge on any atom is 0.153 e. The third-order valence-corrected chi connectivity index (χ3v) is 4.19. The van der Waals surface area contributed by atoms with Crippen LogP contribution in [0.1, 0.15) is 68.0 Å². The summed E-state index contributed by atoms with van der Waals surface area (Å²) in [7, 11) is 0. The number of aromatic amines is 1. The highest BCUT2D eigenvalue weighted by molar-refractivity contribution is 5.12. The Balaban J connectivity index is 1.79. The number of hydrogen-bond acceptors (Lipinski definition) is 5. The number of likely N-dealkylation sites (tertiary alicyclic amines) is 1. The molecule has 1 N–H and O–H groups in total. The van der Waals surface area contributed by atoms with Gasteiger partial charge in [-0.25, -0.2) is 4.98 Å². The van der Waals surface area contributed by atoms with E-state index in [9.17, 15) is 0 Å². The Morgan fingerprint density at radius 2 is 2.29 bits per heavy atom. The molecule has 0 radical (unpaired) electrons. The predicted molar refractivity (Wildman–Crippen MR) is 78.7 cm³/mol. The van der Waals surface area contributed by atoms with Gasteiger partial charge in [-0.15, -0.1) is 0 Å². The first-order valence-corrected chi connectivity index (χ1v) is 7.71. The van der Waals surface area contributed by atoms with Crippen LogP contribution in [0.4, 0.5) is 0 Å². The van der Waals surface area contributed by atoms with Gasteiger partial charge in [0.1, 0.15) is 11.6 Å². The number of nitrogens with one attached hydrogen (secondary N) is 1. The van der Waals surface area contributed by atoms with Gasteiger partial charge in [0, 0.05) is 18.0 Å². The van der Waals surface area contributed by atoms with Gasteiger partial charge in [0.05, 0.1) is 12.2 Å². The van der Waals surface area contributed by atoms with Crippen LogP contribution in [0.5, 0.6) is 0 Å². The highest BCUT2D eigenvalue weighted by Crippen LogP contribution is 2.31. The Bertz CT molecular complexity index is 588. The smallest absolute Gasteiger partial charge is 0.153 e. The molecule has 21 heavy (non-hydrogen) atoms. The van der Waals surface area contributed by atoms with Crippen molar-refractivity contribution in [3.05, 3.63) is 29.2 Å². The average molecular weight is 289 g/mol. The van der Waals surface area contributed by atoms with E-state index in [4.69, 9.17) is 4.52 Å². The summed E-state index contributed by atoms with van der Waals surface area (Å²) in [6.45, 7) is 8.13. The summed E-state index contributed by atoms with van der Waals surface area (Å²) in [5.41, 5.74) is 1.16. The molecule has 0 saturated carbocycles. The first-order valence-electron chi connectivity index (χ1n) is 7.71. The summed E-state index contributed by atoms with van der Waals surface area (Å²) < 4.78 is 5.17. The van der Waals surface area contributed by atoms with E-state index in [2.05, 4.69) is 39.1 Å². The molecular formula is C15H23N5O. The number of hydrogen-bond donors (Lipinski definition) is 1. The van der Waals surface area contributed by atoms with Crippen LogP contribution >= 0.6 is 0 Å². The average Bonchev–Trinajstić information content (AvgIpc) is 3.10. The van der Waals surface area contributed by atoms with Crippen LogP contribution in [-0.2, 0) is 6.54 Å². The number of nitrogens with zero attached hydrogens (tertiary/aromatic N) is 4. The van der Waals surface area contributed by atoms with Gasteiger partial charge < -0.3 is 4.52 Å². The van der Waals surface area contributed by atoms with Crippen molar-refractivity contribution in [1.29, 1.82) is 0 Å². The van der Waals surface area contributed by atoms with Gasteiger partial charge in [0.15, 0.2) is 5.82 Å². The Morgan fingerprint density at radius 3 is 2.95 bits per heavy atom. The summed E-state index contributed by atoms with van der Waals surface area (Å²) in [5.74, 6) is 3.15. The second kappa shape index (κ2) is 5.97. The number of piperidine rings is 1. The molecule has 3 rings (SSSR count). The molecule has 1 aliphatic rings. The second-order valence-corrected chi connectivity index (χ2v) is 6.12. The van der Waals surface area contributed by atoms with Gasteiger partial charge in [-0.3, -0.25) is 10.00 Å². The number of aromatic nitrogens is 4. The minimum Gasteiger partial charge on any atom is -0.361 e. The maximum atomic E-state index is 5.17. The fraction of sp³-hybridized carbons (Fsp3) is 0.667. The first kappa shape index (κ1) is 14.3. The lowest BCUT2D eigenvalue weighted by Gasteiger charge is -2.33. The van der Waals surface area contributed by atoms with Gasteiger partial charge in [0.2, 0.25) is 0 Å². The van der Waals surface area contributed by atoms with Crippen molar-refractivity contribution < 1.29 is 4.52 Å². The fourth-order valence-electron chi connectivity index (χ4n) is 2.87. The highest BCUT2D eigenvalue weighted by Gasteiger charge is 2.28. The number of H-pyrrole nitrogens is 1. The van der Waals surface area contributed by atoms with Gasteiger partial charge in [-0.1, -0.05) is 25.4 Å². The fourth-order valence-corrected chi connectivity index (χ4v) is 2.87. The van der Waals surface area contributed by atoms with E-state index in [1.54, 1.807) is 0 Å². The zero-order valence-corrected chi connectivity index (χ0v) is 13.0. The van der Waals surface area contributed by atoms with E-state index >= 15 is 0 Å². The summed E-state index contributed by atoms with van der Waals surface area (Å²) in [5, 5.41) is 11.4. The summed E-state index contributed by atoms with van der Waals surface area (Å²) in [4.78, 5) is 7.14. The van der Waals surface area contributed by atoms with Crippen LogP contribution in [0.3, 0.4) is 0 Å². The quantitative estimate of drug-likeness (QED) is 0.937. The van der Waals surface area contributed by atoms with Crippen molar-refractivity contribution in [2.75, 3.05) is 6.54 Å². The van der Waals surface area contributed by atoms with Crippen molar-refractivity contribution in [3.8, 4) is 0 Å². The molecule has 0 unspecified atom stereocenters. The van der Waals surface area contributed by atoms with E-state index in [1.165, 1.54) is 12.8 Å². The molecule has 1 fully saturated rings. The number of aryl methyl sites for hydroxylation is 1. The Kier molecular flexibility index (Phi) is 4.05. The van der Waals surface area contributed by atoms with Gasteiger partial charge in [0.25, 0.3) is 0 Å². The molecule has 1 atom stereocenters. The molecule has 6 nitrogen and oxygen atoms in total. The van der Waals surface area contributed by atoms with Crippen molar-refractivity contribution in [1.82, 2.24) is 25.2 Å². The van der Waals surface area contributed by atoms with Crippen LogP contribution < -0.4 is 0 Å². The lowest BCUT2D eigenvalue weighted by Crippen LogP contribution is -2.33. The highest BCUT2D eigenvalue weighted by atomic mass is 16.5. The summed E-state index contributed by atoms with van der Waals surface area (Å²) >= 11 is 0. The van der Waals surface area contributed by atoms with E-state index in [-0.39, 0.29) is 0 Å². The zero-order chi connectivity index (χ0) is 14.8. The van der Waals surface area contributed by atoms with E-state index in [0.717, 1.165) is 42.5 Å². The number of rotatable bonds is 4.